The van der Waals surface area contributed by atoms with E-state index in [4.69, 9.17) is 0 Å². The molecule has 7 heteroatoms. The molecule has 1 aliphatic rings. The van der Waals surface area contributed by atoms with E-state index in [1.54, 1.807) is 41.3 Å². The Morgan fingerprint density at radius 3 is 2.32 bits per heavy atom. The van der Waals surface area contributed by atoms with Gasteiger partial charge in [0, 0.05) is 17.6 Å². The minimum atomic E-state index is -3.73. The molecule has 1 fully saturated rings. The third-order valence-corrected chi connectivity index (χ3v) is 5.17. The van der Waals surface area contributed by atoms with Crippen LogP contribution in [-0.4, -0.2) is 32.3 Å². The van der Waals surface area contributed by atoms with Crippen molar-refractivity contribution in [3.8, 4) is 0 Å². The second kappa shape index (κ2) is 5.73. The summed E-state index contributed by atoms with van der Waals surface area (Å²) in [6.45, 7) is 1.43. The molecule has 0 spiro atoms. The van der Waals surface area contributed by atoms with Gasteiger partial charge < -0.3 is 4.90 Å². The minimum Gasteiger partial charge on any atom is -0.335 e. The van der Waals surface area contributed by atoms with Crippen molar-refractivity contribution in [2.75, 3.05) is 17.8 Å². The highest BCUT2D eigenvalue weighted by molar-refractivity contribution is 9.10. The van der Waals surface area contributed by atoms with Crippen LogP contribution in [0.25, 0.3) is 0 Å². The number of nitrogens with one attached hydrogen (secondary N) is 1. The SMILES string of the molecule is O=C(c1ccccc1NS(=O)(=O)c1ccc(Br)cc1)N1CC1. The van der Waals surface area contributed by atoms with E-state index in [2.05, 4.69) is 20.7 Å². The molecule has 2 aromatic rings. The van der Waals surface area contributed by atoms with Crippen LogP contribution < -0.4 is 4.72 Å². The number of carbonyl (C=O) groups excluding carboxylic acids is 1. The molecule has 2 aromatic carbocycles. The summed E-state index contributed by atoms with van der Waals surface area (Å²) >= 11 is 3.27. The zero-order chi connectivity index (χ0) is 15.7. The number of nitrogens with zero attached hydrogens (tertiary/aromatic N) is 1. The number of benzene rings is 2. The van der Waals surface area contributed by atoms with Gasteiger partial charge in [0.05, 0.1) is 16.1 Å². The Morgan fingerprint density at radius 1 is 1.05 bits per heavy atom. The Bertz CT molecular complexity index is 815. The van der Waals surface area contributed by atoms with Gasteiger partial charge >= 0.3 is 0 Å². The first-order valence-electron chi connectivity index (χ1n) is 6.64. The maximum absolute atomic E-state index is 12.4. The average Bonchev–Trinajstić information content (AvgIpc) is 3.32. The van der Waals surface area contributed by atoms with E-state index in [0.717, 1.165) is 4.47 Å². The van der Waals surface area contributed by atoms with Gasteiger partial charge in [-0.2, -0.15) is 0 Å². The molecule has 1 heterocycles. The number of sulfonamides is 1. The first kappa shape index (κ1) is 15.1. The van der Waals surface area contributed by atoms with Gasteiger partial charge in [0.2, 0.25) is 0 Å². The van der Waals surface area contributed by atoms with Crippen LogP contribution in [-0.2, 0) is 10.0 Å². The molecular formula is C15H13BrN2O3S. The summed E-state index contributed by atoms with van der Waals surface area (Å²) in [4.78, 5) is 14.0. The Balaban J connectivity index is 1.92. The second-order valence-electron chi connectivity index (χ2n) is 4.90. The van der Waals surface area contributed by atoms with Crippen molar-refractivity contribution in [3.05, 3.63) is 58.6 Å². The lowest BCUT2D eigenvalue weighted by Crippen LogP contribution is -2.18. The molecule has 3 rings (SSSR count). The van der Waals surface area contributed by atoms with E-state index in [1.165, 1.54) is 12.1 Å². The normalized spacial score (nSPS) is 13.8. The van der Waals surface area contributed by atoms with Crippen molar-refractivity contribution < 1.29 is 13.2 Å². The molecule has 0 unspecified atom stereocenters. The van der Waals surface area contributed by atoms with E-state index in [-0.39, 0.29) is 10.8 Å². The summed E-state index contributed by atoms with van der Waals surface area (Å²) in [6.07, 6.45) is 0. The topological polar surface area (TPSA) is 66.2 Å². The molecule has 0 atom stereocenters. The number of rotatable bonds is 4. The van der Waals surface area contributed by atoms with E-state index < -0.39 is 10.0 Å². The molecule has 114 valence electrons. The number of hydrogen-bond acceptors (Lipinski definition) is 3. The quantitative estimate of drug-likeness (QED) is 0.829. The number of hydrogen-bond donors (Lipinski definition) is 1. The maximum atomic E-state index is 12.4. The third-order valence-electron chi connectivity index (χ3n) is 3.26. The summed E-state index contributed by atoms with van der Waals surface area (Å²) in [7, 11) is -3.73. The fourth-order valence-corrected chi connectivity index (χ4v) is 3.34. The van der Waals surface area contributed by atoms with Crippen LogP contribution in [0, 0.1) is 0 Å². The van der Waals surface area contributed by atoms with Crippen LogP contribution in [0.3, 0.4) is 0 Å². The lowest BCUT2D eigenvalue weighted by Gasteiger charge is -2.12. The standard InChI is InChI=1S/C15H13BrN2O3S/c16-11-5-7-12(8-6-11)22(20,21)17-14-4-2-1-3-13(14)15(19)18-9-10-18/h1-8,17H,9-10H2. The smallest absolute Gasteiger partial charge is 0.261 e. The van der Waals surface area contributed by atoms with Gasteiger partial charge in [-0.25, -0.2) is 8.42 Å². The van der Waals surface area contributed by atoms with Gasteiger partial charge in [0.25, 0.3) is 15.9 Å². The molecule has 1 aliphatic heterocycles. The van der Waals surface area contributed by atoms with E-state index >= 15 is 0 Å². The minimum absolute atomic E-state index is 0.143. The average molecular weight is 381 g/mol. The molecule has 1 amide bonds. The molecular weight excluding hydrogens is 368 g/mol. The van der Waals surface area contributed by atoms with Crippen molar-refractivity contribution in [1.29, 1.82) is 0 Å². The maximum Gasteiger partial charge on any atom is 0.261 e. The van der Waals surface area contributed by atoms with Crippen molar-refractivity contribution in [2.45, 2.75) is 4.90 Å². The van der Waals surface area contributed by atoms with Crippen LogP contribution in [0.15, 0.2) is 57.9 Å². The van der Waals surface area contributed by atoms with E-state index in [9.17, 15) is 13.2 Å². The van der Waals surface area contributed by atoms with E-state index in [1.807, 2.05) is 0 Å². The van der Waals surface area contributed by atoms with Crippen LogP contribution in [0.2, 0.25) is 0 Å². The predicted molar refractivity (Wildman–Crippen MR) is 87.3 cm³/mol. The summed E-state index contributed by atoms with van der Waals surface area (Å²) in [5.41, 5.74) is 0.656. The third kappa shape index (κ3) is 3.15. The highest BCUT2D eigenvalue weighted by Gasteiger charge is 2.28. The molecule has 0 aliphatic carbocycles. The Morgan fingerprint density at radius 2 is 1.68 bits per heavy atom. The fourth-order valence-electron chi connectivity index (χ4n) is 2.00. The molecule has 1 saturated heterocycles. The van der Waals surface area contributed by atoms with Crippen molar-refractivity contribution in [3.63, 3.8) is 0 Å². The van der Waals surface area contributed by atoms with Gasteiger partial charge in [-0.05, 0) is 36.4 Å². The predicted octanol–water partition coefficient (Wildman–Crippen LogP) is 2.71. The van der Waals surface area contributed by atoms with Crippen LogP contribution in [0.1, 0.15) is 10.4 Å². The zero-order valence-corrected chi connectivity index (χ0v) is 13.9. The van der Waals surface area contributed by atoms with Gasteiger partial charge in [0.1, 0.15) is 0 Å². The number of carbonyl (C=O) groups is 1. The molecule has 5 nitrogen and oxygen atoms in total. The first-order chi connectivity index (χ1) is 10.5. The number of amides is 1. The monoisotopic (exact) mass is 380 g/mol. The number of halogens is 1. The van der Waals surface area contributed by atoms with Crippen LogP contribution >= 0.6 is 15.9 Å². The molecule has 0 bridgehead atoms. The Labute approximate surface area is 137 Å². The van der Waals surface area contributed by atoms with Gasteiger partial charge in [-0.15, -0.1) is 0 Å². The summed E-state index contributed by atoms with van der Waals surface area (Å²) < 4.78 is 28.1. The number of para-hydroxylation sites is 1. The van der Waals surface area contributed by atoms with Crippen LogP contribution in [0.5, 0.6) is 0 Å². The zero-order valence-electron chi connectivity index (χ0n) is 11.5. The Kier molecular flexibility index (Phi) is 3.92. The second-order valence-corrected chi connectivity index (χ2v) is 7.50. The summed E-state index contributed by atoms with van der Waals surface area (Å²) in [6, 6.07) is 12.9. The fraction of sp³-hybridized carbons (Fsp3) is 0.133. The van der Waals surface area contributed by atoms with Gasteiger partial charge in [-0.1, -0.05) is 28.1 Å². The molecule has 1 N–H and O–H groups in total. The van der Waals surface area contributed by atoms with Crippen molar-refractivity contribution in [2.24, 2.45) is 0 Å². The molecule has 22 heavy (non-hydrogen) atoms. The van der Waals surface area contributed by atoms with Crippen LogP contribution in [0.4, 0.5) is 5.69 Å². The highest BCUT2D eigenvalue weighted by atomic mass is 79.9. The highest BCUT2D eigenvalue weighted by Crippen LogP contribution is 2.24. The molecule has 0 saturated carbocycles. The lowest BCUT2D eigenvalue weighted by atomic mass is 10.2. The van der Waals surface area contributed by atoms with Crippen molar-refractivity contribution in [1.82, 2.24) is 4.90 Å². The summed E-state index contributed by atoms with van der Waals surface area (Å²) in [5, 5.41) is 0. The molecule has 0 aromatic heterocycles. The largest absolute Gasteiger partial charge is 0.335 e. The molecule has 0 radical (unpaired) electrons. The van der Waals surface area contributed by atoms with Crippen molar-refractivity contribution >= 4 is 37.5 Å². The Hall–Kier alpha value is -1.86. The lowest BCUT2D eigenvalue weighted by molar-refractivity contribution is 0.0886. The van der Waals surface area contributed by atoms with Gasteiger partial charge in [0.15, 0.2) is 0 Å². The summed E-state index contributed by atoms with van der Waals surface area (Å²) in [5.74, 6) is -0.158. The van der Waals surface area contributed by atoms with Gasteiger partial charge in [-0.3, -0.25) is 9.52 Å². The number of anilines is 1. The van der Waals surface area contributed by atoms with E-state index in [0.29, 0.717) is 24.3 Å². The first-order valence-corrected chi connectivity index (χ1v) is 8.92.